The molecule has 1 aromatic heterocycles. The highest BCUT2D eigenvalue weighted by Crippen LogP contribution is 2.31. The fourth-order valence-electron chi connectivity index (χ4n) is 3.44. The Morgan fingerprint density at radius 3 is 2.58 bits per heavy atom. The van der Waals surface area contributed by atoms with Gasteiger partial charge in [0.25, 0.3) is 0 Å². The predicted octanol–water partition coefficient (Wildman–Crippen LogP) is 3.06. The molecule has 6 heteroatoms. The van der Waals surface area contributed by atoms with Crippen LogP contribution in [0.3, 0.4) is 0 Å². The minimum Gasteiger partial charge on any atom is -0.354 e. The van der Waals surface area contributed by atoms with Crippen molar-refractivity contribution in [3.63, 3.8) is 0 Å². The first-order chi connectivity index (χ1) is 11.5. The lowest BCUT2D eigenvalue weighted by Gasteiger charge is -2.31. The highest BCUT2D eigenvalue weighted by Gasteiger charge is 2.31. The standard InChI is InChI=1S/C18H23ClN4O/c1-12-15(11-20)17(21-13(2)16(12)19)22-7-4-8-23(10-9-22)18(24)14-5-3-6-14/h14H,3-10H2,1-2H3. The maximum absolute atomic E-state index is 12.5. The smallest absolute Gasteiger partial charge is 0.225 e. The summed E-state index contributed by atoms with van der Waals surface area (Å²) in [4.78, 5) is 21.2. The first-order valence-electron chi connectivity index (χ1n) is 8.63. The first kappa shape index (κ1) is 17.0. The first-order valence-corrected chi connectivity index (χ1v) is 9.01. The molecule has 0 aromatic carbocycles. The van der Waals surface area contributed by atoms with E-state index in [1.807, 2.05) is 18.7 Å². The molecule has 2 heterocycles. The van der Waals surface area contributed by atoms with E-state index >= 15 is 0 Å². The lowest BCUT2D eigenvalue weighted by Crippen LogP contribution is -2.41. The van der Waals surface area contributed by atoms with Gasteiger partial charge in [0.05, 0.1) is 16.3 Å². The topological polar surface area (TPSA) is 60.2 Å². The molecule has 24 heavy (non-hydrogen) atoms. The van der Waals surface area contributed by atoms with Gasteiger partial charge in [0.15, 0.2) is 0 Å². The number of pyridine rings is 1. The van der Waals surface area contributed by atoms with Gasteiger partial charge in [-0.05, 0) is 38.7 Å². The molecule has 0 radical (unpaired) electrons. The van der Waals surface area contributed by atoms with Gasteiger partial charge in [0, 0.05) is 32.1 Å². The summed E-state index contributed by atoms with van der Waals surface area (Å²) >= 11 is 6.24. The minimum absolute atomic E-state index is 0.240. The third-order valence-corrected chi connectivity index (χ3v) is 5.75. The number of carbonyl (C=O) groups is 1. The highest BCUT2D eigenvalue weighted by molar-refractivity contribution is 6.32. The molecule has 1 aliphatic heterocycles. The van der Waals surface area contributed by atoms with Crippen LogP contribution in [0.4, 0.5) is 5.82 Å². The Bertz CT molecular complexity index is 693. The number of anilines is 1. The molecule has 5 nitrogen and oxygen atoms in total. The van der Waals surface area contributed by atoms with Gasteiger partial charge in [-0.3, -0.25) is 4.79 Å². The van der Waals surface area contributed by atoms with Gasteiger partial charge >= 0.3 is 0 Å². The average Bonchev–Trinajstić information content (AvgIpc) is 2.76. The molecule has 1 aromatic rings. The third kappa shape index (κ3) is 3.08. The molecule has 3 rings (SSSR count). The summed E-state index contributed by atoms with van der Waals surface area (Å²) in [6.45, 7) is 6.73. The van der Waals surface area contributed by atoms with Crippen molar-refractivity contribution in [1.29, 1.82) is 5.26 Å². The van der Waals surface area contributed by atoms with Gasteiger partial charge in [-0.2, -0.15) is 5.26 Å². The lowest BCUT2D eigenvalue weighted by molar-refractivity contribution is -0.137. The van der Waals surface area contributed by atoms with Crippen LogP contribution in [-0.4, -0.2) is 42.0 Å². The SMILES string of the molecule is Cc1nc(N2CCCN(C(=O)C3CCC3)CC2)c(C#N)c(C)c1Cl. The molecular weight excluding hydrogens is 324 g/mol. The van der Waals surface area contributed by atoms with Crippen LogP contribution in [0.25, 0.3) is 0 Å². The van der Waals surface area contributed by atoms with Crippen molar-refractivity contribution >= 4 is 23.3 Å². The number of amides is 1. The quantitative estimate of drug-likeness (QED) is 0.825. The van der Waals surface area contributed by atoms with Crippen LogP contribution >= 0.6 is 11.6 Å². The Morgan fingerprint density at radius 1 is 1.21 bits per heavy atom. The van der Waals surface area contributed by atoms with E-state index in [1.54, 1.807) is 0 Å². The zero-order valence-corrected chi connectivity index (χ0v) is 15.1. The molecule has 0 unspecified atom stereocenters. The molecule has 1 amide bonds. The van der Waals surface area contributed by atoms with Crippen LogP contribution in [0.15, 0.2) is 0 Å². The minimum atomic E-state index is 0.240. The van der Waals surface area contributed by atoms with E-state index in [2.05, 4.69) is 16.0 Å². The molecule has 0 N–H and O–H groups in total. The van der Waals surface area contributed by atoms with E-state index in [0.29, 0.717) is 35.4 Å². The van der Waals surface area contributed by atoms with Gasteiger partial charge in [-0.25, -0.2) is 4.98 Å². The molecule has 2 fully saturated rings. The number of rotatable bonds is 2. The number of carbonyl (C=O) groups excluding carboxylic acids is 1. The third-order valence-electron chi connectivity index (χ3n) is 5.19. The van der Waals surface area contributed by atoms with Crippen LogP contribution in [0.2, 0.25) is 5.02 Å². The molecule has 1 saturated carbocycles. The normalized spacial score (nSPS) is 18.8. The van der Waals surface area contributed by atoms with Crippen LogP contribution < -0.4 is 4.90 Å². The Hall–Kier alpha value is -1.80. The molecule has 0 atom stereocenters. The van der Waals surface area contributed by atoms with E-state index in [9.17, 15) is 10.1 Å². The van der Waals surface area contributed by atoms with E-state index < -0.39 is 0 Å². The van der Waals surface area contributed by atoms with Gasteiger partial charge < -0.3 is 9.80 Å². The number of halogens is 1. The van der Waals surface area contributed by atoms with Crippen molar-refractivity contribution in [2.45, 2.75) is 39.5 Å². The van der Waals surface area contributed by atoms with Gasteiger partial charge in [0.2, 0.25) is 5.91 Å². The zero-order valence-electron chi connectivity index (χ0n) is 14.3. The average molecular weight is 347 g/mol. The van der Waals surface area contributed by atoms with Crippen molar-refractivity contribution in [2.24, 2.45) is 5.92 Å². The van der Waals surface area contributed by atoms with Crippen LogP contribution in [-0.2, 0) is 4.79 Å². The maximum atomic E-state index is 12.5. The summed E-state index contributed by atoms with van der Waals surface area (Å²) < 4.78 is 0. The second kappa shape index (κ2) is 6.98. The molecule has 128 valence electrons. The van der Waals surface area contributed by atoms with E-state index in [4.69, 9.17) is 11.6 Å². The second-order valence-corrected chi connectivity index (χ2v) is 7.12. The van der Waals surface area contributed by atoms with Gasteiger partial charge in [-0.15, -0.1) is 0 Å². The van der Waals surface area contributed by atoms with Crippen molar-refractivity contribution in [3.8, 4) is 6.07 Å². The van der Waals surface area contributed by atoms with E-state index in [-0.39, 0.29) is 5.92 Å². The number of nitriles is 1. The highest BCUT2D eigenvalue weighted by atomic mass is 35.5. The summed E-state index contributed by atoms with van der Waals surface area (Å²) in [5, 5.41) is 10.1. The molecule has 0 bridgehead atoms. The van der Waals surface area contributed by atoms with Crippen LogP contribution in [0, 0.1) is 31.1 Å². The summed E-state index contributed by atoms with van der Waals surface area (Å²) in [5.41, 5.74) is 2.08. The summed E-state index contributed by atoms with van der Waals surface area (Å²) in [7, 11) is 0. The predicted molar refractivity (Wildman–Crippen MR) is 94.2 cm³/mol. The zero-order chi connectivity index (χ0) is 17.3. The Morgan fingerprint density at radius 2 is 1.96 bits per heavy atom. The Kier molecular flexibility index (Phi) is 4.96. The maximum Gasteiger partial charge on any atom is 0.225 e. The second-order valence-electron chi connectivity index (χ2n) is 6.74. The van der Waals surface area contributed by atoms with Gasteiger partial charge in [0.1, 0.15) is 11.9 Å². The van der Waals surface area contributed by atoms with Crippen molar-refractivity contribution in [2.75, 3.05) is 31.1 Å². The number of aryl methyl sites for hydroxylation is 1. The number of nitrogens with zero attached hydrogens (tertiary/aromatic N) is 4. The Balaban J connectivity index is 1.79. The van der Waals surface area contributed by atoms with Crippen LogP contribution in [0.1, 0.15) is 42.5 Å². The monoisotopic (exact) mass is 346 g/mol. The van der Waals surface area contributed by atoms with Crippen molar-refractivity contribution in [3.05, 3.63) is 21.8 Å². The summed E-state index contributed by atoms with van der Waals surface area (Å²) in [6, 6.07) is 2.25. The fraction of sp³-hybridized carbons (Fsp3) is 0.611. The van der Waals surface area contributed by atoms with Crippen molar-refractivity contribution in [1.82, 2.24) is 9.88 Å². The lowest BCUT2D eigenvalue weighted by atomic mass is 9.84. The van der Waals surface area contributed by atoms with E-state index in [1.165, 1.54) is 6.42 Å². The van der Waals surface area contributed by atoms with Gasteiger partial charge in [-0.1, -0.05) is 18.0 Å². The van der Waals surface area contributed by atoms with E-state index in [0.717, 1.165) is 43.6 Å². The molecular formula is C18H23ClN4O. The van der Waals surface area contributed by atoms with Crippen molar-refractivity contribution < 1.29 is 4.79 Å². The molecule has 2 aliphatic rings. The largest absolute Gasteiger partial charge is 0.354 e. The summed E-state index contributed by atoms with van der Waals surface area (Å²) in [5.74, 6) is 1.25. The molecule has 1 aliphatic carbocycles. The van der Waals surface area contributed by atoms with Crippen LogP contribution in [0.5, 0.6) is 0 Å². The number of hydrogen-bond acceptors (Lipinski definition) is 4. The molecule has 1 saturated heterocycles. The summed E-state index contributed by atoms with van der Waals surface area (Å²) in [6.07, 6.45) is 4.14. The fourth-order valence-corrected chi connectivity index (χ4v) is 3.58. The number of aromatic nitrogens is 1. The Labute approximate surface area is 148 Å². The molecule has 0 spiro atoms. The number of hydrogen-bond donors (Lipinski definition) is 0.